The number of carbonyl (C=O) groups excluding carboxylic acids is 2. The fourth-order valence-corrected chi connectivity index (χ4v) is 2.72. The summed E-state index contributed by atoms with van der Waals surface area (Å²) in [5.74, 6) is 0. The highest BCUT2D eigenvalue weighted by Gasteiger charge is 2.44. The molecule has 1 aliphatic heterocycles. The van der Waals surface area contributed by atoms with Crippen molar-refractivity contribution in [3.8, 4) is 0 Å². The number of carbonyl (C=O) groups is 2. The highest BCUT2D eigenvalue weighted by Crippen LogP contribution is 2.43. The second kappa shape index (κ2) is 3.88. The zero-order valence-electron chi connectivity index (χ0n) is 9.14. The number of hydrogen-bond donors (Lipinski definition) is 0. The van der Waals surface area contributed by atoms with E-state index in [1.807, 2.05) is 37.3 Å². The maximum atomic E-state index is 11.8. The molecule has 0 aliphatic carbocycles. The Kier molecular flexibility index (Phi) is 2.69. The summed E-state index contributed by atoms with van der Waals surface area (Å²) in [6, 6.07) is 9.65. The summed E-state index contributed by atoms with van der Waals surface area (Å²) < 4.78 is -0.255. The van der Waals surface area contributed by atoms with Crippen molar-refractivity contribution in [3.63, 3.8) is 0 Å². The number of nitrogens with zero attached hydrogens (tertiary/aromatic N) is 1. The van der Waals surface area contributed by atoms with Gasteiger partial charge in [0.25, 0.3) is 0 Å². The first-order valence-corrected chi connectivity index (χ1v) is 5.73. The highest BCUT2D eigenvalue weighted by atomic mass is 32.2. The Morgan fingerprint density at radius 2 is 1.88 bits per heavy atom. The molecule has 0 radical (unpaired) electrons. The molecule has 0 N–H and O–H groups in total. The number of imide groups is 1. The number of hydrogen-bond acceptors (Lipinski definition) is 3. The zero-order chi connectivity index (χ0) is 11.8. The van der Waals surface area contributed by atoms with Gasteiger partial charge in [-0.15, -0.1) is 0 Å². The van der Waals surface area contributed by atoms with Gasteiger partial charge in [-0.1, -0.05) is 30.3 Å². The van der Waals surface area contributed by atoms with E-state index in [1.54, 1.807) is 7.05 Å². The van der Waals surface area contributed by atoms with Gasteiger partial charge in [0.1, 0.15) is 5.70 Å². The Morgan fingerprint density at radius 1 is 1.25 bits per heavy atom. The molecular weight excluding hydrogens is 222 g/mol. The topological polar surface area (TPSA) is 34.1 Å². The lowest BCUT2D eigenvalue weighted by Gasteiger charge is -2.17. The molecule has 0 saturated heterocycles. The van der Waals surface area contributed by atoms with E-state index < -0.39 is 0 Å². The van der Waals surface area contributed by atoms with Crippen LogP contribution in [0.25, 0.3) is 4.91 Å². The van der Waals surface area contributed by atoms with Gasteiger partial charge in [-0.05, 0) is 5.56 Å². The summed E-state index contributed by atoms with van der Waals surface area (Å²) in [5.41, 5.74) is 1.78. The molecule has 1 aromatic carbocycles. The van der Waals surface area contributed by atoms with Crippen LogP contribution in [0.1, 0.15) is 12.5 Å². The second-order valence-electron chi connectivity index (χ2n) is 3.83. The second-order valence-corrected chi connectivity index (χ2v) is 4.79. The summed E-state index contributed by atoms with van der Waals surface area (Å²) in [7, 11) is 1.62. The lowest BCUT2D eigenvalue weighted by atomic mass is 10.2. The number of benzene rings is 1. The molecule has 0 aromatic heterocycles. The summed E-state index contributed by atoms with van der Waals surface area (Å²) in [6.07, 6.45) is 0.681. The van der Waals surface area contributed by atoms with Crippen molar-refractivity contribution in [2.75, 3.05) is 7.05 Å². The number of amides is 2. The average Bonchev–Trinajstić information content (AvgIpc) is 2.55. The highest BCUT2D eigenvalue weighted by molar-refractivity contribution is 8.21. The van der Waals surface area contributed by atoms with Gasteiger partial charge >= 0.3 is 11.6 Å². The minimum Gasteiger partial charge on any atom is -0.233 e. The Hall–Kier alpha value is -1.39. The molecule has 1 heterocycles. The molecule has 0 spiro atoms. The van der Waals surface area contributed by atoms with Crippen molar-refractivity contribution in [2.24, 2.45) is 0 Å². The molecule has 0 bridgehead atoms. The van der Waals surface area contributed by atoms with E-state index in [1.165, 1.54) is 0 Å². The summed E-state index contributed by atoms with van der Waals surface area (Å²) in [6.45, 7) is 1.83. The minimum absolute atomic E-state index is 0.147. The van der Waals surface area contributed by atoms with E-state index in [0.717, 1.165) is 27.9 Å². The molecule has 0 fully saturated rings. The first kappa shape index (κ1) is 11.1. The van der Waals surface area contributed by atoms with Crippen LogP contribution in [-0.2, 0) is 4.79 Å². The van der Waals surface area contributed by atoms with Crippen LogP contribution >= 0.6 is 11.8 Å². The Balaban J connectivity index is 2.53. The van der Waals surface area contributed by atoms with Crippen LogP contribution in [0.15, 0.2) is 36.0 Å². The van der Waals surface area contributed by atoms with Crippen LogP contribution < -0.4 is 0 Å². The molecule has 0 saturated carbocycles. The van der Waals surface area contributed by atoms with Gasteiger partial charge in [-0.3, -0.25) is 0 Å². The van der Waals surface area contributed by atoms with E-state index in [0.29, 0.717) is 6.41 Å². The molecule has 1 aliphatic rings. The van der Waals surface area contributed by atoms with Crippen LogP contribution in [0.5, 0.6) is 0 Å². The fraction of sp³-hybridized carbons (Fsp3) is 0.167. The fourth-order valence-electron chi connectivity index (χ4n) is 1.58. The third kappa shape index (κ3) is 1.50. The molecule has 82 valence electrons. The Bertz CT molecular complexity index is 481. The van der Waals surface area contributed by atoms with Gasteiger partial charge in [-0.25, -0.2) is 9.59 Å². The van der Waals surface area contributed by atoms with Crippen molar-refractivity contribution in [3.05, 3.63) is 41.6 Å². The third-order valence-electron chi connectivity index (χ3n) is 2.84. The van der Waals surface area contributed by atoms with Crippen molar-refractivity contribution < 1.29 is 14.1 Å². The van der Waals surface area contributed by atoms with Crippen LogP contribution in [0.3, 0.4) is 0 Å². The number of rotatable bonds is 2. The van der Waals surface area contributed by atoms with E-state index in [9.17, 15) is 9.59 Å². The third-order valence-corrected chi connectivity index (χ3v) is 4.13. The summed E-state index contributed by atoms with van der Waals surface area (Å²) in [4.78, 5) is 23.7. The maximum absolute atomic E-state index is 11.8. The standard InChI is InChI=1S/C12H12NO2S/c1-9-11(10-6-4-3-5-7-10)16-12(15)13(9,2)8-14/h3-8H,1-2H3/q+1. The SMILES string of the molecule is CC1=C(c2ccccc2)SC(=O)[N+]1(C)C=O. The van der Waals surface area contributed by atoms with Crippen LogP contribution in [-0.4, -0.2) is 23.2 Å². The van der Waals surface area contributed by atoms with Crippen LogP contribution in [0, 0.1) is 0 Å². The van der Waals surface area contributed by atoms with Crippen molar-refractivity contribution in [1.29, 1.82) is 0 Å². The normalized spacial score (nSPS) is 25.0. The van der Waals surface area contributed by atoms with E-state index >= 15 is 0 Å². The number of quaternary nitrogens is 1. The smallest absolute Gasteiger partial charge is 0.233 e. The Labute approximate surface area is 98.3 Å². The maximum Gasteiger partial charge on any atom is 0.391 e. The minimum atomic E-state index is -0.255. The predicted octanol–water partition coefficient (Wildman–Crippen LogP) is 2.84. The number of thioether (sulfide) groups is 1. The molecule has 4 heteroatoms. The molecule has 2 rings (SSSR count). The van der Waals surface area contributed by atoms with Gasteiger partial charge in [0.2, 0.25) is 0 Å². The summed E-state index contributed by atoms with van der Waals surface area (Å²) >= 11 is 1.14. The Morgan fingerprint density at radius 3 is 2.38 bits per heavy atom. The van der Waals surface area contributed by atoms with Gasteiger partial charge in [0.15, 0.2) is 0 Å². The van der Waals surface area contributed by atoms with E-state index in [4.69, 9.17) is 0 Å². The largest absolute Gasteiger partial charge is 0.391 e. The van der Waals surface area contributed by atoms with Crippen LogP contribution in [0.2, 0.25) is 0 Å². The quantitative estimate of drug-likeness (QED) is 0.583. The molecule has 1 aromatic rings. The molecule has 16 heavy (non-hydrogen) atoms. The van der Waals surface area contributed by atoms with Gasteiger partial charge in [0.05, 0.1) is 12.0 Å². The van der Waals surface area contributed by atoms with Gasteiger partial charge in [-0.2, -0.15) is 4.48 Å². The monoisotopic (exact) mass is 234 g/mol. The molecule has 3 nitrogen and oxygen atoms in total. The average molecular weight is 234 g/mol. The first-order chi connectivity index (χ1) is 7.59. The van der Waals surface area contributed by atoms with Crippen molar-refractivity contribution in [1.82, 2.24) is 0 Å². The van der Waals surface area contributed by atoms with Crippen LogP contribution in [0.4, 0.5) is 4.79 Å². The van der Waals surface area contributed by atoms with Gasteiger partial charge < -0.3 is 0 Å². The van der Waals surface area contributed by atoms with E-state index in [-0.39, 0.29) is 9.72 Å². The summed E-state index contributed by atoms with van der Waals surface area (Å²) in [5, 5.41) is -0.147. The lowest BCUT2D eigenvalue weighted by Crippen LogP contribution is -2.40. The molecule has 1 atom stereocenters. The first-order valence-electron chi connectivity index (χ1n) is 4.91. The number of allylic oxidation sites excluding steroid dienone is 1. The molecular formula is C12H12NO2S+. The zero-order valence-corrected chi connectivity index (χ0v) is 9.95. The van der Waals surface area contributed by atoms with Crippen molar-refractivity contribution >= 4 is 28.3 Å². The van der Waals surface area contributed by atoms with Gasteiger partial charge in [0, 0.05) is 18.7 Å². The molecule has 1 unspecified atom stereocenters. The predicted molar refractivity (Wildman–Crippen MR) is 64.3 cm³/mol. The van der Waals surface area contributed by atoms with E-state index in [2.05, 4.69) is 0 Å². The molecule has 2 amide bonds. The lowest BCUT2D eigenvalue weighted by molar-refractivity contribution is -0.689. The van der Waals surface area contributed by atoms with Crippen molar-refractivity contribution in [2.45, 2.75) is 6.92 Å².